The second kappa shape index (κ2) is 26.9. The average Bonchev–Trinajstić information content (AvgIpc) is 3.90. The molecule has 6 rings (SSSR count). The van der Waals surface area contributed by atoms with Gasteiger partial charge in [0.15, 0.2) is 0 Å². The van der Waals surface area contributed by atoms with Crippen LogP contribution in [-0.4, -0.2) is 39.7 Å². The Hall–Kier alpha value is -4.92. The fraction of sp³-hybridized carbons (Fsp3) is 0.571. The first-order valence-corrected chi connectivity index (χ1v) is 23.3. The van der Waals surface area contributed by atoms with Crippen LogP contribution in [0.15, 0.2) is 115 Å². The van der Waals surface area contributed by atoms with Crippen molar-refractivity contribution in [3.63, 3.8) is 0 Å². The van der Waals surface area contributed by atoms with Crippen molar-refractivity contribution >= 4 is 0 Å². The maximum Gasteiger partial charge on any atom is 0.124 e. The minimum atomic E-state index is 0.302. The van der Waals surface area contributed by atoms with E-state index < -0.39 is 0 Å². The molecule has 0 unspecified atom stereocenters. The van der Waals surface area contributed by atoms with Crippen molar-refractivity contribution in [2.24, 2.45) is 32.5 Å². The van der Waals surface area contributed by atoms with Crippen LogP contribution in [0.5, 0.6) is 0 Å². The summed E-state index contributed by atoms with van der Waals surface area (Å²) < 4.78 is 8.75. The lowest BCUT2D eigenvalue weighted by atomic mass is 9.89. The van der Waals surface area contributed by atoms with Gasteiger partial charge in [-0.25, -0.2) is 0 Å². The maximum absolute atomic E-state index is 4.71. The zero-order chi connectivity index (χ0) is 49.5. The summed E-state index contributed by atoms with van der Waals surface area (Å²) in [7, 11) is 0. The van der Waals surface area contributed by atoms with Gasteiger partial charge in [0.05, 0.1) is 11.4 Å². The number of rotatable bonds is 6. The Morgan fingerprint density at radius 1 is 0.492 bits per heavy atom. The third-order valence-corrected chi connectivity index (χ3v) is 8.50. The van der Waals surface area contributed by atoms with Gasteiger partial charge in [-0.15, -0.1) is 0 Å². The van der Waals surface area contributed by atoms with Crippen LogP contribution in [-0.2, 0) is 38.8 Å². The number of aromatic nitrogens is 8. The lowest BCUT2D eigenvalue weighted by Crippen LogP contribution is -2.17. The zero-order valence-electron chi connectivity index (χ0n) is 44.6. The largest absolute Gasteiger partial charge is 0.365 e. The quantitative estimate of drug-likeness (QED) is 0.164. The van der Waals surface area contributed by atoms with E-state index in [4.69, 9.17) is 4.52 Å². The molecule has 6 aromatic heterocycles. The van der Waals surface area contributed by atoms with Crippen molar-refractivity contribution < 1.29 is 4.52 Å². The molecular formula is C56H90N8O. The molecule has 6 aromatic rings. The first kappa shape index (κ1) is 58.1. The first-order valence-electron chi connectivity index (χ1n) is 23.3. The summed E-state index contributed by atoms with van der Waals surface area (Å²) in [4.78, 5) is 12.3. The monoisotopic (exact) mass is 891 g/mol. The fourth-order valence-electron chi connectivity index (χ4n) is 6.31. The van der Waals surface area contributed by atoms with Crippen LogP contribution in [0.1, 0.15) is 159 Å². The Kier molecular flexibility index (Phi) is 24.0. The van der Waals surface area contributed by atoms with Crippen molar-refractivity contribution in [2.75, 3.05) is 0 Å². The molecule has 0 aromatic carbocycles. The zero-order valence-corrected chi connectivity index (χ0v) is 44.6. The predicted molar refractivity (Wildman–Crippen MR) is 275 cm³/mol. The fourth-order valence-corrected chi connectivity index (χ4v) is 6.31. The van der Waals surface area contributed by atoms with Crippen LogP contribution >= 0.6 is 0 Å². The number of nitrogens with zero attached hydrogens (tertiary/aromatic N) is 8. The molecule has 65 heavy (non-hydrogen) atoms. The van der Waals surface area contributed by atoms with Crippen LogP contribution in [0.2, 0.25) is 0 Å². The molecule has 6 heterocycles. The van der Waals surface area contributed by atoms with E-state index in [0.29, 0.717) is 32.5 Å². The summed E-state index contributed by atoms with van der Waals surface area (Å²) in [6.07, 6.45) is 19.0. The Balaban J connectivity index is 0.000000390. The number of hydrogen-bond donors (Lipinski definition) is 0. The van der Waals surface area contributed by atoms with E-state index in [1.165, 1.54) is 22.5 Å². The third kappa shape index (κ3) is 34.1. The van der Waals surface area contributed by atoms with Gasteiger partial charge < -0.3 is 4.52 Å². The highest BCUT2D eigenvalue weighted by molar-refractivity contribution is 5.12. The standard InChI is InChI=1S/C10H18N2.3C10H15N.C8H14N2.C8H13NO/c1-8-6-9(2)12(11-8)7-10(3,4)5;1-10(2,3)8-9-4-6-11-7-5-9;1-10(2,3)7-9-5-4-6-11-8-9;1-10(2,3)8-9-6-4-5-7-11-9;1-8(2,3)7-10-6-4-5-9-10;1-8(2,3)6-7-4-5-10-9-7/h6H,7H2,1-5H3;4-7H,8H2,1-3H3;4-6,8H,7H2,1-3H3;4-7H,8H2,1-3H3;4-6H,7H2,1-3H3;4-5H,6H2,1-3H3. The summed E-state index contributed by atoms with van der Waals surface area (Å²) >= 11 is 0. The lowest BCUT2D eigenvalue weighted by Gasteiger charge is -2.18. The molecule has 0 fully saturated rings. The van der Waals surface area contributed by atoms with Crippen molar-refractivity contribution in [1.82, 2.24) is 39.7 Å². The second-order valence-electron chi connectivity index (χ2n) is 24.4. The van der Waals surface area contributed by atoms with Crippen molar-refractivity contribution in [2.45, 2.75) is 177 Å². The van der Waals surface area contributed by atoms with Crippen molar-refractivity contribution in [1.29, 1.82) is 0 Å². The van der Waals surface area contributed by atoms with E-state index in [2.05, 4.69) is 197 Å². The lowest BCUT2D eigenvalue weighted by molar-refractivity contribution is 0.321. The maximum atomic E-state index is 4.71. The van der Waals surface area contributed by atoms with E-state index in [1.54, 1.807) is 6.26 Å². The molecular weight excluding hydrogens is 801 g/mol. The van der Waals surface area contributed by atoms with E-state index in [0.717, 1.165) is 50.2 Å². The van der Waals surface area contributed by atoms with Gasteiger partial charge in [-0.2, -0.15) is 10.2 Å². The highest BCUT2D eigenvalue weighted by Gasteiger charge is 2.15. The number of pyridine rings is 3. The molecule has 0 amide bonds. The van der Waals surface area contributed by atoms with E-state index in [-0.39, 0.29) is 0 Å². The topological polar surface area (TPSA) is 100 Å². The highest BCUT2D eigenvalue weighted by Crippen LogP contribution is 2.22. The highest BCUT2D eigenvalue weighted by atomic mass is 16.5. The predicted octanol–water partition coefficient (Wildman–Crippen LogP) is 14.7. The summed E-state index contributed by atoms with van der Waals surface area (Å²) in [6.45, 7) is 46.1. The molecule has 0 N–H and O–H groups in total. The normalized spacial score (nSPS) is 11.8. The molecule has 9 nitrogen and oxygen atoms in total. The summed E-state index contributed by atoms with van der Waals surface area (Å²) in [5.74, 6) is 0. The molecule has 0 aliphatic rings. The number of aryl methyl sites for hydroxylation is 2. The van der Waals surface area contributed by atoms with Gasteiger partial charge in [0.2, 0.25) is 0 Å². The van der Waals surface area contributed by atoms with Crippen LogP contribution < -0.4 is 0 Å². The van der Waals surface area contributed by atoms with Gasteiger partial charge >= 0.3 is 0 Å². The summed E-state index contributed by atoms with van der Waals surface area (Å²) in [5.41, 5.74) is 9.28. The molecule has 0 aliphatic heterocycles. The Labute approximate surface area is 396 Å². The summed E-state index contributed by atoms with van der Waals surface area (Å²) in [5, 5.41) is 12.4. The van der Waals surface area contributed by atoms with E-state index >= 15 is 0 Å². The smallest absolute Gasteiger partial charge is 0.124 e. The van der Waals surface area contributed by atoms with Crippen LogP contribution in [0.3, 0.4) is 0 Å². The molecule has 360 valence electrons. The second-order valence-corrected chi connectivity index (χ2v) is 24.4. The Morgan fingerprint density at radius 3 is 1.48 bits per heavy atom. The van der Waals surface area contributed by atoms with Crippen LogP contribution in [0.4, 0.5) is 0 Å². The third-order valence-electron chi connectivity index (χ3n) is 8.50. The van der Waals surface area contributed by atoms with Gasteiger partial charge in [0.1, 0.15) is 6.26 Å². The SMILES string of the molecule is CC(C)(C)Cc1ccccn1.CC(C)(C)Cc1cccnc1.CC(C)(C)Cc1ccncc1.CC(C)(C)Cc1ccon1.CC(C)(C)Cn1cccn1.Cc1cc(C)n(CC(C)(C)C)n1. The van der Waals surface area contributed by atoms with Crippen molar-refractivity contribution in [3.05, 3.63) is 144 Å². The van der Waals surface area contributed by atoms with Crippen molar-refractivity contribution in [3.8, 4) is 0 Å². The van der Waals surface area contributed by atoms with Gasteiger partial charge in [-0.3, -0.25) is 24.3 Å². The van der Waals surface area contributed by atoms with Gasteiger partial charge in [0.25, 0.3) is 0 Å². The van der Waals surface area contributed by atoms with Gasteiger partial charge in [0, 0.05) is 73.9 Å². The molecule has 0 bridgehead atoms. The minimum absolute atomic E-state index is 0.302. The average molecular weight is 891 g/mol. The Bertz CT molecular complexity index is 1880. The van der Waals surface area contributed by atoms with Gasteiger partial charge in [-0.1, -0.05) is 142 Å². The minimum Gasteiger partial charge on any atom is -0.365 e. The van der Waals surface area contributed by atoms with Gasteiger partial charge in [-0.05, 0) is 126 Å². The molecule has 0 radical (unpaired) electrons. The molecule has 0 aliphatic carbocycles. The first-order chi connectivity index (χ1) is 29.8. The molecule has 9 heteroatoms. The van der Waals surface area contributed by atoms with E-state index in [1.807, 2.05) is 85.3 Å². The molecule has 0 saturated carbocycles. The molecule has 0 saturated heterocycles. The summed E-state index contributed by atoms with van der Waals surface area (Å²) in [6, 6.07) is 20.3. The van der Waals surface area contributed by atoms with Crippen LogP contribution in [0.25, 0.3) is 0 Å². The number of hydrogen-bond acceptors (Lipinski definition) is 7. The molecule has 0 atom stereocenters. The molecule has 0 spiro atoms. The van der Waals surface area contributed by atoms with E-state index in [9.17, 15) is 0 Å². The van der Waals surface area contributed by atoms with Crippen LogP contribution in [0, 0.1) is 46.3 Å². The Morgan fingerprint density at radius 2 is 1.06 bits per heavy atom.